The smallest absolute Gasteiger partial charge is 0.257 e. The van der Waals surface area contributed by atoms with Crippen LogP contribution in [0.5, 0.6) is 0 Å². The van der Waals surface area contributed by atoms with Crippen molar-refractivity contribution in [2.45, 2.75) is 23.7 Å². The summed E-state index contributed by atoms with van der Waals surface area (Å²) in [6, 6.07) is 3.28. The predicted molar refractivity (Wildman–Crippen MR) is 95.8 cm³/mol. The number of nitrogens with zero attached hydrogens (tertiary/aromatic N) is 3. The molecule has 2 heterocycles. The van der Waals surface area contributed by atoms with Crippen molar-refractivity contribution in [1.82, 2.24) is 14.5 Å². The number of benzene rings is 1. The molecule has 4 rings (SSSR count). The number of carbonyl (C=O) groups is 1. The minimum Gasteiger partial charge on any atom is -0.379 e. The van der Waals surface area contributed by atoms with Gasteiger partial charge < -0.3 is 4.74 Å². The van der Waals surface area contributed by atoms with Crippen LogP contribution in [0.3, 0.4) is 0 Å². The number of sulfonamides is 1. The monoisotopic (exact) mass is 412 g/mol. The molecule has 144 valence electrons. The van der Waals surface area contributed by atoms with Crippen LogP contribution in [0.2, 0.25) is 0 Å². The average molecular weight is 412 g/mol. The number of aromatic nitrogens is 2. The minimum absolute atomic E-state index is 0.0337. The fourth-order valence-corrected chi connectivity index (χ4v) is 5.12. The Morgan fingerprint density at radius 3 is 2.70 bits per heavy atom. The van der Waals surface area contributed by atoms with E-state index in [2.05, 4.69) is 15.5 Å². The standard InChI is InChI=1S/C16H17FN4O4S2/c17-12-4-3-11(9-13(12)27(23,24)21-5-7-25-8-6-21)14(22)18-16-20-19-15(26-16)10-1-2-10/h3-4,9-10H,1-2,5-8H2,(H,18,20,22). The third-order valence-corrected chi connectivity index (χ3v) is 7.28. The SMILES string of the molecule is O=C(Nc1nnc(C2CC2)s1)c1ccc(F)c(S(=O)(=O)N2CCOCC2)c1. The van der Waals surface area contributed by atoms with Crippen molar-refractivity contribution in [1.29, 1.82) is 0 Å². The molecule has 1 aromatic heterocycles. The molecular formula is C16H17FN4O4S2. The summed E-state index contributed by atoms with van der Waals surface area (Å²) in [5, 5.41) is 11.8. The quantitative estimate of drug-likeness (QED) is 0.804. The summed E-state index contributed by atoms with van der Waals surface area (Å²) in [7, 11) is -4.05. The van der Waals surface area contributed by atoms with E-state index in [9.17, 15) is 17.6 Å². The third-order valence-electron chi connectivity index (χ3n) is 4.37. The highest BCUT2D eigenvalue weighted by Gasteiger charge is 2.30. The second-order valence-electron chi connectivity index (χ2n) is 6.34. The number of hydrogen-bond donors (Lipinski definition) is 1. The lowest BCUT2D eigenvalue weighted by atomic mass is 10.2. The summed E-state index contributed by atoms with van der Waals surface area (Å²) in [4.78, 5) is 11.9. The number of anilines is 1. The number of halogens is 1. The molecule has 1 amide bonds. The molecule has 0 unspecified atom stereocenters. The first-order valence-electron chi connectivity index (χ1n) is 8.47. The van der Waals surface area contributed by atoms with E-state index >= 15 is 0 Å². The van der Waals surface area contributed by atoms with Crippen molar-refractivity contribution in [3.63, 3.8) is 0 Å². The molecule has 1 N–H and O–H groups in total. The molecule has 0 atom stereocenters. The number of amides is 1. The van der Waals surface area contributed by atoms with Crippen LogP contribution in [0.25, 0.3) is 0 Å². The maximum atomic E-state index is 14.2. The number of rotatable bonds is 5. The van der Waals surface area contributed by atoms with Crippen LogP contribution in [-0.2, 0) is 14.8 Å². The Labute approximate surface area is 159 Å². The van der Waals surface area contributed by atoms with Gasteiger partial charge in [0.2, 0.25) is 15.2 Å². The van der Waals surface area contributed by atoms with E-state index in [1.165, 1.54) is 17.4 Å². The van der Waals surface area contributed by atoms with Gasteiger partial charge in [0, 0.05) is 24.6 Å². The van der Waals surface area contributed by atoms with E-state index in [1.807, 2.05) is 0 Å². The summed E-state index contributed by atoms with van der Waals surface area (Å²) < 4.78 is 45.9. The molecule has 27 heavy (non-hydrogen) atoms. The fraction of sp³-hybridized carbons (Fsp3) is 0.438. The highest BCUT2D eigenvalue weighted by atomic mass is 32.2. The maximum Gasteiger partial charge on any atom is 0.257 e. The van der Waals surface area contributed by atoms with Gasteiger partial charge in [-0.25, -0.2) is 12.8 Å². The van der Waals surface area contributed by atoms with Gasteiger partial charge in [-0.3, -0.25) is 10.1 Å². The highest BCUT2D eigenvalue weighted by molar-refractivity contribution is 7.89. The number of nitrogens with one attached hydrogen (secondary N) is 1. The van der Waals surface area contributed by atoms with Gasteiger partial charge in [-0.15, -0.1) is 10.2 Å². The second kappa shape index (κ2) is 7.23. The zero-order valence-corrected chi connectivity index (χ0v) is 15.9. The van der Waals surface area contributed by atoms with Crippen LogP contribution >= 0.6 is 11.3 Å². The van der Waals surface area contributed by atoms with Crippen LogP contribution in [-0.4, -0.2) is 55.1 Å². The molecule has 1 aromatic carbocycles. The molecule has 1 saturated carbocycles. The third kappa shape index (κ3) is 3.86. The molecular weight excluding hydrogens is 395 g/mol. The predicted octanol–water partition coefficient (Wildman–Crippen LogP) is 1.83. The van der Waals surface area contributed by atoms with E-state index < -0.39 is 26.6 Å². The van der Waals surface area contributed by atoms with Crippen molar-refractivity contribution in [3.8, 4) is 0 Å². The van der Waals surface area contributed by atoms with Crippen LogP contribution in [0.15, 0.2) is 23.1 Å². The number of hydrogen-bond acceptors (Lipinski definition) is 7. The van der Waals surface area contributed by atoms with E-state index in [1.54, 1.807) is 0 Å². The lowest BCUT2D eigenvalue weighted by molar-refractivity contribution is 0.0729. The van der Waals surface area contributed by atoms with Gasteiger partial charge in [-0.1, -0.05) is 11.3 Å². The van der Waals surface area contributed by atoms with Crippen molar-refractivity contribution in [2.24, 2.45) is 0 Å². The lowest BCUT2D eigenvalue weighted by Gasteiger charge is -2.26. The average Bonchev–Trinajstić information content (AvgIpc) is 3.42. The van der Waals surface area contributed by atoms with Crippen LogP contribution in [0.1, 0.15) is 34.1 Å². The van der Waals surface area contributed by atoms with E-state index in [-0.39, 0.29) is 31.9 Å². The van der Waals surface area contributed by atoms with Gasteiger partial charge in [-0.2, -0.15) is 4.31 Å². The fourth-order valence-electron chi connectivity index (χ4n) is 2.72. The van der Waals surface area contributed by atoms with Gasteiger partial charge in [-0.05, 0) is 31.0 Å². The zero-order chi connectivity index (χ0) is 19.0. The van der Waals surface area contributed by atoms with Gasteiger partial charge >= 0.3 is 0 Å². The van der Waals surface area contributed by atoms with Crippen molar-refractivity contribution >= 4 is 32.4 Å². The number of carbonyl (C=O) groups excluding carboxylic acids is 1. The number of ether oxygens (including phenoxy) is 1. The van der Waals surface area contributed by atoms with Crippen molar-refractivity contribution in [2.75, 3.05) is 31.6 Å². The van der Waals surface area contributed by atoms with E-state index in [0.29, 0.717) is 11.0 Å². The normalized spacial score (nSPS) is 18.4. The molecule has 1 aliphatic carbocycles. The Bertz CT molecular complexity index is 969. The number of morpholine rings is 1. The topological polar surface area (TPSA) is 101 Å². The van der Waals surface area contributed by atoms with Crippen LogP contribution in [0.4, 0.5) is 9.52 Å². The molecule has 0 radical (unpaired) electrons. The molecule has 2 fully saturated rings. The largest absolute Gasteiger partial charge is 0.379 e. The Kier molecular flexibility index (Phi) is 4.93. The molecule has 11 heteroatoms. The maximum absolute atomic E-state index is 14.2. The first-order valence-corrected chi connectivity index (χ1v) is 10.7. The Balaban J connectivity index is 1.56. The van der Waals surface area contributed by atoms with Gasteiger partial charge in [0.1, 0.15) is 15.7 Å². The molecule has 2 aliphatic rings. The minimum atomic E-state index is -4.05. The van der Waals surface area contributed by atoms with E-state index in [0.717, 1.165) is 34.3 Å². The van der Waals surface area contributed by atoms with E-state index in [4.69, 9.17) is 4.74 Å². The second-order valence-corrected chi connectivity index (χ2v) is 9.25. The summed E-state index contributed by atoms with van der Waals surface area (Å²) in [5.74, 6) is -1.04. The summed E-state index contributed by atoms with van der Waals surface area (Å²) in [5.41, 5.74) is 0.0337. The molecule has 0 spiro atoms. The van der Waals surface area contributed by atoms with Gasteiger partial charge in [0.25, 0.3) is 5.91 Å². The highest BCUT2D eigenvalue weighted by Crippen LogP contribution is 2.42. The van der Waals surface area contributed by atoms with Gasteiger partial charge in [0.05, 0.1) is 13.2 Å². The van der Waals surface area contributed by atoms with Crippen LogP contribution < -0.4 is 5.32 Å². The molecule has 1 aliphatic heterocycles. The Morgan fingerprint density at radius 1 is 1.26 bits per heavy atom. The first-order chi connectivity index (χ1) is 12.9. The Hall–Kier alpha value is -1.95. The van der Waals surface area contributed by atoms with Crippen molar-refractivity contribution < 1.29 is 22.3 Å². The first kappa shape index (κ1) is 18.4. The lowest BCUT2D eigenvalue weighted by Crippen LogP contribution is -2.41. The van der Waals surface area contributed by atoms with Crippen molar-refractivity contribution in [3.05, 3.63) is 34.6 Å². The van der Waals surface area contributed by atoms with Gasteiger partial charge in [0.15, 0.2) is 0 Å². The summed E-state index contributed by atoms with van der Waals surface area (Å²) in [6.45, 7) is 0.794. The summed E-state index contributed by atoms with van der Waals surface area (Å²) >= 11 is 1.29. The molecule has 2 aromatic rings. The van der Waals surface area contributed by atoms with Crippen LogP contribution in [0, 0.1) is 5.82 Å². The molecule has 1 saturated heterocycles. The Morgan fingerprint density at radius 2 is 2.00 bits per heavy atom. The molecule has 8 nitrogen and oxygen atoms in total. The molecule has 0 bridgehead atoms. The summed E-state index contributed by atoms with van der Waals surface area (Å²) in [6.07, 6.45) is 2.15. The zero-order valence-electron chi connectivity index (χ0n) is 14.2.